The summed E-state index contributed by atoms with van der Waals surface area (Å²) in [5.41, 5.74) is -0.246. The number of carbonyl (C=O) groups is 2. The Morgan fingerprint density at radius 3 is 2.73 bits per heavy atom. The standard InChI is InChI=1S/C13H13F3N2O4/c14-8-1-2-10(22-12(15)16)9(5-8)17-13(21)18-4-3-7(6-18)11(19)20/h1-2,5,7,12H,3-4,6H2,(H,17,21)(H,19,20). The van der Waals surface area contributed by atoms with Crippen molar-refractivity contribution in [2.75, 3.05) is 18.4 Å². The number of alkyl halides is 2. The van der Waals surface area contributed by atoms with Crippen LogP contribution in [-0.2, 0) is 4.79 Å². The van der Waals surface area contributed by atoms with Gasteiger partial charge in [-0.2, -0.15) is 8.78 Å². The molecule has 0 aliphatic carbocycles. The van der Waals surface area contributed by atoms with Gasteiger partial charge in [0.25, 0.3) is 0 Å². The molecule has 1 unspecified atom stereocenters. The average molecular weight is 318 g/mol. The maximum atomic E-state index is 13.2. The Morgan fingerprint density at radius 1 is 1.41 bits per heavy atom. The number of rotatable bonds is 4. The summed E-state index contributed by atoms with van der Waals surface area (Å²) in [5.74, 6) is -2.79. The van der Waals surface area contributed by atoms with Crippen molar-refractivity contribution in [2.45, 2.75) is 13.0 Å². The lowest BCUT2D eigenvalue weighted by Gasteiger charge is -2.18. The topological polar surface area (TPSA) is 78.9 Å². The Morgan fingerprint density at radius 2 is 2.14 bits per heavy atom. The summed E-state index contributed by atoms with van der Waals surface area (Å²) in [4.78, 5) is 24.0. The van der Waals surface area contributed by atoms with Gasteiger partial charge < -0.3 is 20.1 Å². The smallest absolute Gasteiger partial charge is 0.387 e. The highest BCUT2D eigenvalue weighted by Gasteiger charge is 2.31. The highest BCUT2D eigenvalue weighted by atomic mass is 19.3. The number of aliphatic carboxylic acids is 1. The summed E-state index contributed by atoms with van der Waals surface area (Å²) >= 11 is 0. The van der Waals surface area contributed by atoms with Gasteiger partial charge in [-0.15, -0.1) is 0 Å². The fraction of sp³-hybridized carbons (Fsp3) is 0.385. The molecule has 1 aromatic carbocycles. The second kappa shape index (κ2) is 6.54. The number of carboxylic acid groups (broad SMARTS) is 1. The highest BCUT2D eigenvalue weighted by molar-refractivity contribution is 5.91. The Bertz CT molecular complexity index is 582. The van der Waals surface area contributed by atoms with E-state index in [1.165, 1.54) is 4.90 Å². The number of hydrogen-bond donors (Lipinski definition) is 2. The monoisotopic (exact) mass is 318 g/mol. The van der Waals surface area contributed by atoms with Crippen molar-refractivity contribution in [3.05, 3.63) is 24.0 Å². The first kappa shape index (κ1) is 15.9. The molecule has 2 N–H and O–H groups in total. The van der Waals surface area contributed by atoms with Crippen LogP contribution >= 0.6 is 0 Å². The van der Waals surface area contributed by atoms with Crippen molar-refractivity contribution in [1.29, 1.82) is 0 Å². The van der Waals surface area contributed by atoms with Crippen LogP contribution in [0.15, 0.2) is 18.2 Å². The molecule has 6 nitrogen and oxygen atoms in total. The van der Waals surface area contributed by atoms with Crippen molar-refractivity contribution >= 4 is 17.7 Å². The van der Waals surface area contributed by atoms with E-state index in [0.29, 0.717) is 6.42 Å². The van der Waals surface area contributed by atoms with E-state index in [-0.39, 0.29) is 24.5 Å². The third-order valence-electron chi connectivity index (χ3n) is 3.22. The van der Waals surface area contributed by atoms with Crippen LogP contribution < -0.4 is 10.1 Å². The van der Waals surface area contributed by atoms with E-state index in [1.54, 1.807) is 0 Å². The number of anilines is 1. The van der Waals surface area contributed by atoms with Crippen LogP contribution in [0.4, 0.5) is 23.7 Å². The molecule has 0 bridgehead atoms. The van der Waals surface area contributed by atoms with E-state index in [9.17, 15) is 22.8 Å². The number of halogens is 3. The number of benzene rings is 1. The van der Waals surface area contributed by atoms with E-state index in [0.717, 1.165) is 18.2 Å². The molecule has 1 aliphatic rings. The number of carboxylic acids is 1. The van der Waals surface area contributed by atoms with Crippen LogP contribution in [0, 0.1) is 11.7 Å². The summed E-state index contributed by atoms with van der Waals surface area (Å²) in [6.45, 7) is -2.91. The predicted octanol–water partition coefficient (Wildman–Crippen LogP) is 2.37. The van der Waals surface area contributed by atoms with Gasteiger partial charge in [-0.1, -0.05) is 0 Å². The number of urea groups is 1. The lowest BCUT2D eigenvalue weighted by molar-refractivity contribution is -0.141. The average Bonchev–Trinajstić information content (AvgIpc) is 2.91. The maximum absolute atomic E-state index is 13.2. The van der Waals surface area contributed by atoms with Gasteiger partial charge in [-0.3, -0.25) is 4.79 Å². The number of carbonyl (C=O) groups excluding carboxylic acids is 1. The lowest BCUT2D eigenvalue weighted by atomic mass is 10.1. The van der Waals surface area contributed by atoms with Crippen LogP contribution in [0.25, 0.3) is 0 Å². The minimum atomic E-state index is -3.12. The summed E-state index contributed by atoms with van der Waals surface area (Å²) in [6.07, 6.45) is 0.298. The van der Waals surface area contributed by atoms with Crippen LogP contribution in [0.3, 0.4) is 0 Å². The van der Waals surface area contributed by atoms with Crippen LogP contribution in [-0.4, -0.2) is 41.7 Å². The number of hydrogen-bond acceptors (Lipinski definition) is 3. The molecule has 0 spiro atoms. The Balaban J connectivity index is 2.08. The van der Waals surface area contributed by atoms with Gasteiger partial charge in [-0.25, -0.2) is 9.18 Å². The molecule has 1 aromatic rings. The van der Waals surface area contributed by atoms with Crippen molar-refractivity contribution in [1.82, 2.24) is 4.90 Å². The van der Waals surface area contributed by atoms with Gasteiger partial charge in [0, 0.05) is 19.2 Å². The van der Waals surface area contributed by atoms with E-state index in [1.807, 2.05) is 0 Å². The first-order valence-corrected chi connectivity index (χ1v) is 6.40. The van der Waals surface area contributed by atoms with Crippen LogP contribution in [0.1, 0.15) is 6.42 Å². The molecular formula is C13H13F3N2O4. The Labute approximate surface area is 123 Å². The Kier molecular flexibility index (Phi) is 4.74. The molecule has 22 heavy (non-hydrogen) atoms. The molecule has 120 valence electrons. The minimum absolute atomic E-state index is 0.00151. The third kappa shape index (κ3) is 3.80. The third-order valence-corrected chi connectivity index (χ3v) is 3.22. The van der Waals surface area contributed by atoms with E-state index < -0.39 is 30.3 Å². The number of nitrogens with zero attached hydrogens (tertiary/aromatic N) is 1. The van der Waals surface area contributed by atoms with Crippen molar-refractivity contribution in [3.63, 3.8) is 0 Å². The molecule has 0 radical (unpaired) electrons. The maximum Gasteiger partial charge on any atom is 0.387 e. The first-order valence-electron chi connectivity index (χ1n) is 6.40. The fourth-order valence-corrected chi connectivity index (χ4v) is 2.14. The number of likely N-dealkylation sites (tertiary alicyclic amines) is 1. The molecule has 0 saturated carbocycles. The zero-order valence-electron chi connectivity index (χ0n) is 11.3. The summed E-state index contributed by atoms with van der Waals surface area (Å²) < 4.78 is 41.9. The molecular weight excluding hydrogens is 305 g/mol. The zero-order valence-corrected chi connectivity index (χ0v) is 11.3. The second-order valence-electron chi connectivity index (χ2n) is 4.72. The van der Waals surface area contributed by atoms with Gasteiger partial charge >= 0.3 is 18.6 Å². The van der Waals surface area contributed by atoms with Crippen molar-refractivity contribution in [3.8, 4) is 5.75 Å². The molecule has 9 heteroatoms. The molecule has 1 heterocycles. The molecule has 1 saturated heterocycles. The zero-order chi connectivity index (χ0) is 16.3. The first-order chi connectivity index (χ1) is 10.4. The normalized spacial score (nSPS) is 17.6. The Hall–Kier alpha value is -2.45. The molecule has 2 amide bonds. The van der Waals surface area contributed by atoms with Gasteiger partial charge in [0.15, 0.2) is 0 Å². The van der Waals surface area contributed by atoms with E-state index in [4.69, 9.17) is 5.11 Å². The van der Waals surface area contributed by atoms with Gasteiger partial charge in [0.2, 0.25) is 0 Å². The van der Waals surface area contributed by atoms with Crippen molar-refractivity contribution in [2.24, 2.45) is 5.92 Å². The van der Waals surface area contributed by atoms with E-state index in [2.05, 4.69) is 10.1 Å². The van der Waals surface area contributed by atoms with Crippen LogP contribution in [0.5, 0.6) is 5.75 Å². The van der Waals surface area contributed by atoms with E-state index >= 15 is 0 Å². The number of amides is 2. The second-order valence-corrected chi connectivity index (χ2v) is 4.72. The quantitative estimate of drug-likeness (QED) is 0.893. The van der Waals surface area contributed by atoms with Gasteiger partial charge in [0.05, 0.1) is 11.6 Å². The lowest BCUT2D eigenvalue weighted by Crippen LogP contribution is -2.34. The van der Waals surface area contributed by atoms with Gasteiger partial charge in [-0.05, 0) is 18.6 Å². The molecule has 2 rings (SSSR count). The van der Waals surface area contributed by atoms with Crippen LogP contribution in [0.2, 0.25) is 0 Å². The minimum Gasteiger partial charge on any atom is -0.481 e. The predicted molar refractivity (Wildman–Crippen MR) is 69.4 cm³/mol. The molecule has 1 atom stereocenters. The molecule has 0 aromatic heterocycles. The summed E-state index contributed by atoms with van der Waals surface area (Å²) in [7, 11) is 0. The number of ether oxygens (including phenoxy) is 1. The summed E-state index contributed by atoms with van der Waals surface area (Å²) in [6, 6.07) is 2.04. The fourth-order valence-electron chi connectivity index (χ4n) is 2.14. The highest BCUT2D eigenvalue weighted by Crippen LogP contribution is 2.28. The van der Waals surface area contributed by atoms with Gasteiger partial charge in [0.1, 0.15) is 11.6 Å². The summed E-state index contributed by atoms with van der Waals surface area (Å²) in [5, 5.41) is 11.1. The van der Waals surface area contributed by atoms with Crippen molar-refractivity contribution < 1.29 is 32.6 Å². The SMILES string of the molecule is O=C(O)C1CCN(C(=O)Nc2cc(F)ccc2OC(F)F)C1. The largest absolute Gasteiger partial charge is 0.481 e. The molecule has 1 fully saturated rings. The molecule has 1 aliphatic heterocycles. The number of nitrogens with one attached hydrogen (secondary N) is 1.